The molecule has 0 aliphatic heterocycles. The molecule has 2 aromatic carbocycles. The van der Waals surface area contributed by atoms with Crippen LogP contribution in [-0.4, -0.2) is 11.8 Å². The number of nitrogens with one attached hydrogen (secondary N) is 1. The van der Waals surface area contributed by atoms with Gasteiger partial charge in [-0.25, -0.2) is 0 Å². The molecule has 0 saturated carbocycles. The third-order valence-electron chi connectivity index (χ3n) is 3.80. The summed E-state index contributed by atoms with van der Waals surface area (Å²) in [4.78, 5) is 23.2. The molecule has 0 unspecified atom stereocenters. The van der Waals surface area contributed by atoms with E-state index >= 15 is 0 Å². The second kappa shape index (κ2) is 7.00. The van der Waals surface area contributed by atoms with Gasteiger partial charge in [-0.2, -0.15) is 0 Å². The molecule has 1 aliphatic carbocycles. The predicted octanol–water partition coefficient (Wildman–Crippen LogP) is 3.63. The van der Waals surface area contributed by atoms with Crippen LogP contribution in [0.15, 0.2) is 60.2 Å². The lowest BCUT2D eigenvalue weighted by Gasteiger charge is -2.09. The number of amides is 2. The number of carbonyl (C=O) groups is 2. The van der Waals surface area contributed by atoms with Gasteiger partial charge in [0, 0.05) is 16.8 Å². The molecule has 3 N–H and O–H groups in total. The lowest BCUT2D eigenvalue weighted by molar-refractivity contribution is -0.112. The number of anilines is 1. The molecule has 0 heterocycles. The van der Waals surface area contributed by atoms with E-state index in [1.807, 2.05) is 6.08 Å². The Morgan fingerprint density at radius 2 is 1.83 bits per heavy atom. The van der Waals surface area contributed by atoms with Gasteiger partial charge in [0.15, 0.2) is 0 Å². The molecule has 2 aromatic rings. The van der Waals surface area contributed by atoms with Gasteiger partial charge in [0.2, 0.25) is 5.91 Å². The molecule has 5 heteroatoms. The number of rotatable bonds is 5. The van der Waals surface area contributed by atoms with Gasteiger partial charge in [-0.3, -0.25) is 9.59 Å². The lowest BCUT2D eigenvalue weighted by Crippen LogP contribution is -2.13. The molecule has 1 aliphatic rings. The summed E-state index contributed by atoms with van der Waals surface area (Å²) in [6.07, 6.45) is 4.83. The zero-order chi connectivity index (χ0) is 16.9. The highest BCUT2D eigenvalue weighted by Crippen LogP contribution is 2.25. The summed E-state index contributed by atoms with van der Waals surface area (Å²) in [5, 5.41) is 2.88. The standard InChI is InChI=1S/C19H18N2O3/c20-18(22)14-6-3-7-17(12-14)24-16-10-8-15(9-11-16)21-19(23)13-4-1-2-5-13/h3-4,6-12H,1-2,5H2,(H2,20,22)(H,21,23). The first-order valence-electron chi connectivity index (χ1n) is 7.80. The topological polar surface area (TPSA) is 81.4 Å². The molecule has 0 atom stereocenters. The first-order valence-corrected chi connectivity index (χ1v) is 7.80. The monoisotopic (exact) mass is 322 g/mol. The van der Waals surface area contributed by atoms with Crippen molar-refractivity contribution in [2.75, 3.05) is 5.32 Å². The van der Waals surface area contributed by atoms with Crippen LogP contribution >= 0.6 is 0 Å². The van der Waals surface area contributed by atoms with E-state index in [2.05, 4.69) is 5.32 Å². The van der Waals surface area contributed by atoms with E-state index in [4.69, 9.17) is 10.5 Å². The quantitative estimate of drug-likeness (QED) is 0.882. The molecule has 0 bridgehead atoms. The fourth-order valence-corrected chi connectivity index (χ4v) is 2.54. The summed E-state index contributed by atoms with van der Waals surface area (Å²) in [7, 11) is 0. The van der Waals surface area contributed by atoms with Crippen LogP contribution in [-0.2, 0) is 4.79 Å². The van der Waals surface area contributed by atoms with Crippen molar-refractivity contribution in [2.24, 2.45) is 5.73 Å². The Hall–Kier alpha value is -3.08. The minimum atomic E-state index is -0.500. The van der Waals surface area contributed by atoms with Crippen LogP contribution in [0.25, 0.3) is 0 Å². The highest BCUT2D eigenvalue weighted by Gasteiger charge is 2.13. The van der Waals surface area contributed by atoms with E-state index in [0.717, 1.165) is 24.8 Å². The normalized spacial score (nSPS) is 13.2. The molecule has 2 amide bonds. The van der Waals surface area contributed by atoms with E-state index in [9.17, 15) is 9.59 Å². The van der Waals surface area contributed by atoms with E-state index < -0.39 is 5.91 Å². The Bertz CT molecular complexity index is 795. The third-order valence-corrected chi connectivity index (χ3v) is 3.80. The average molecular weight is 322 g/mol. The molecule has 122 valence electrons. The molecule has 0 saturated heterocycles. The van der Waals surface area contributed by atoms with Gasteiger partial charge in [-0.05, 0) is 61.7 Å². The number of hydrogen-bond acceptors (Lipinski definition) is 3. The lowest BCUT2D eigenvalue weighted by atomic mass is 10.2. The van der Waals surface area contributed by atoms with Crippen molar-refractivity contribution < 1.29 is 14.3 Å². The van der Waals surface area contributed by atoms with Crippen LogP contribution in [0.4, 0.5) is 5.69 Å². The molecule has 3 rings (SSSR count). The number of allylic oxidation sites excluding steroid dienone is 1. The highest BCUT2D eigenvalue weighted by molar-refractivity contribution is 6.03. The van der Waals surface area contributed by atoms with Crippen LogP contribution in [0.2, 0.25) is 0 Å². The number of carbonyl (C=O) groups excluding carboxylic acids is 2. The van der Waals surface area contributed by atoms with Gasteiger partial charge < -0.3 is 15.8 Å². The van der Waals surface area contributed by atoms with Gasteiger partial charge in [0.1, 0.15) is 11.5 Å². The van der Waals surface area contributed by atoms with Crippen molar-refractivity contribution in [1.29, 1.82) is 0 Å². The Morgan fingerprint density at radius 1 is 1.04 bits per heavy atom. The van der Waals surface area contributed by atoms with Crippen LogP contribution in [0.1, 0.15) is 29.6 Å². The maximum absolute atomic E-state index is 12.0. The van der Waals surface area contributed by atoms with E-state index in [1.165, 1.54) is 0 Å². The molecule has 24 heavy (non-hydrogen) atoms. The number of primary amides is 1. The van der Waals surface area contributed by atoms with Gasteiger partial charge in [-0.1, -0.05) is 12.1 Å². The summed E-state index contributed by atoms with van der Waals surface area (Å²) in [6.45, 7) is 0. The Balaban J connectivity index is 1.65. The average Bonchev–Trinajstić information content (AvgIpc) is 3.11. The smallest absolute Gasteiger partial charge is 0.251 e. The SMILES string of the molecule is NC(=O)c1cccc(Oc2ccc(NC(=O)C3=CCCC3)cc2)c1. The molecule has 5 nitrogen and oxygen atoms in total. The van der Waals surface area contributed by atoms with Crippen molar-refractivity contribution in [3.63, 3.8) is 0 Å². The Labute approximate surface area is 140 Å². The van der Waals surface area contributed by atoms with Gasteiger partial charge in [0.25, 0.3) is 5.91 Å². The molecule has 0 fully saturated rings. The van der Waals surface area contributed by atoms with Gasteiger partial charge >= 0.3 is 0 Å². The number of hydrogen-bond donors (Lipinski definition) is 2. The largest absolute Gasteiger partial charge is 0.457 e. The highest BCUT2D eigenvalue weighted by atomic mass is 16.5. The van der Waals surface area contributed by atoms with Gasteiger partial charge in [0.05, 0.1) is 0 Å². The van der Waals surface area contributed by atoms with Crippen LogP contribution in [0.3, 0.4) is 0 Å². The van der Waals surface area contributed by atoms with Gasteiger partial charge in [-0.15, -0.1) is 0 Å². The van der Waals surface area contributed by atoms with Crippen molar-refractivity contribution in [2.45, 2.75) is 19.3 Å². The fraction of sp³-hybridized carbons (Fsp3) is 0.158. The van der Waals surface area contributed by atoms with Crippen molar-refractivity contribution in [3.8, 4) is 11.5 Å². The Morgan fingerprint density at radius 3 is 2.50 bits per heavy atom. The second-order valence-electron chi connectivity index (χ2n) is 5.59. The minimum absolute atomic E-state index is 0.0460. The van der Waals surface area contributed by atoms with Crippen molar-refractivity contribution >= 4 is 17.5 Å². The van der Waals surface area contributed by atoms with Crippen LogP contribution < -0.4 is 15.8 Å². The maximum Gasteiger partial charge on any atom is 0.251 e. The summed E-state index contributed by atoms with van der Waals surface area (Å²) in [6, 6.07) is 13.7. The predicted molar refractivity (Wildman–Crippen MR) is 92.0 cm³/mol. The van der Waals surface area contributed by atoms with Crippen molar-refractivity contribution in [1.82, 2.24) is 0 Å². The number of nitrogens with two attached hydrogens (primary N) is 1. The zero-order valence-corrected chi connectivity index (χ0v) is 13.1. The van der Waals surface area contributed by atoms with E-state index in [0.29, 0.717) is 22.7 Å². The first kappa shape index (κ1) is 15.8. The fourth-order valence-electron chi connectivity index (χ4n) is 2.54. The van der Waals surface area contributed by atoms with Crippen molar-refractivity contribution in [3.05, 3.63) is 65.7 Å². The molecule has 0 aromatic heterocycles. The second-order valence-corrected chi connectivity index (χ2v) is 5.59. The van der Waals surface area contributed by atoms with Crippen LogP contribution in [0, 0.1) is 0 Å². The molecule has 0 radical (unpaired) electrons. The summed E-state index contributed by atoms with van der Waals surface area (Å²) in [5.41, 5.74) is 7.20. The maximum atomic E-state index is 12.0. The van der Waals surface area contributed by atoms with E-state index in [-0.39, 0.29) is 5.91 Å². The Kier molecular flexibility index (Phi) is 4.61. The molecular formula is C19H18N2O3. The number of ether oxygens (including phenoxy) is 1. The third kappa shape index (κ3) is 3.81. The first-order chi connectivity index (χ1) is 11.6. The zero-order valence-electron chi connectivity index (χ0n) is 13.1. The van der Waals surface area contributed by atoms with Crippen LogP contribution in [0.5, 0.6) is 11.5 Å². The summed E-state index contributed by atoms with van der Waals surface area (Å²) < 4.78 is 5.70. The summed E-state index contributed by atoms with van der Waals surface area (Å²) in [5.74, 6) is 0.587. The molecule has 0 spiro atoms. The van der Waals surface area contributed by atoms with E-state index in [1.54, 1.807) is 48.5 Å². The molecular weight excluding hydrogens is 304 g/mol. The summed E-state index contributed by atoms with van der Waals surface area (Å²) >= 11 is 0. The number of benzene rings is 2. The minimum Gasteiger partial charge on any atom is -0.457 e.